The van der Waals surface area contributed by atoms with Gasteiger partial charge in [-0.25, -0.2) is 5.84 Å². The molecular formula is C13H20N4O2. The third-order valence-electron chi connectivity index (χ3n) is 3.47. The van der Waals surface area contributed by atoms with Gasteiger partial charge in [0.15, 0.2) is 0 Å². The van der Waals surface area contributed by atoms with Gasteiger partial charge in [0.2, 0.25) is 0 Å². The Morgan fingerprint density at radius 2 is 2.26 bits per heavy atom. The summed E-state index contributed by atoms with van der Waals surface area (Å²) in [7, 11) is 1.77. The summed E-state index contributed by atoms with van der Waals surface area (Å²) in [5.74, 6) is 4.75. The van der Waals surface area contributed by atoms with Crippen LogP contribution in [-0.4, -0.2) is 42.1 Å². The molecule has 0 unspecified atom stereocenters. The van der Waals surface area contributed by atoms with Crippen LogP contribution in [0.25, 0.3) is 0 Å². The summed E-state index contributed by atoms with van der Waals surface area (Å²) in [6, 6.07) is 3.61. The number of ether oxygens (including phenoxy) is 1. The molecule has 1 aromatic heterocycles. The lowest BCUT2D eigenvalue weighted by atomic mass is 10.1. The molecule has 0 aromatic carbocycles. The first-order valence-corrected chi connectivity index (χ1v) is 6.44. The van der Waals surface area contributed by atoms with Crippen LogP contribution in [-0.2, 0) is 11.3 Å². The normalized spacial score (nSPS) is 17.4. The van der Waals surface area contributed by atoms with Crippen LogP contribution in [0.3, 0.4) is 0 Å². The van der Waals surface area contributed by atoms with E-state index in [2.05, 4.69) is 15.3 Å². The second-order valence-corrected chi connectivity index (χ2v) is 4.72. The standard InChI is InChI=1S/C13H20N4O2/c1-19-12-4-6-17(7-5-12)9-11-3-2-10(8-15-11)13(18)16-14/h2-3,8,12H,4-7,9,14H2,1H3,(H,16,18). The van der Waals surface area contributed by atoms with Gasteiger partial charge >= 0.3 is 0 Å². The number of carbonyl (C=O) groups excluding carboxylic acids is 1. The predicted octanol–water partition coefficient (Wildman–Crippen LogP) is 0.296. The number of hydrazine groups is 1. The topological polar surface area (TPSA) is 80.5 Å². The lowest BCUT2D eigenvalue weighted by Crippen LogP contribution is -2.36. The summed E-state index contributed by atoms with van der Waals surface area (Å²) >= 11 is 0. The fourth-order valence-electron chi connectivity index (χ4n) is 2.27. The Hall–Kier alpha value is -1.50. The molecule has 1 aliphatic heterocycles. The maximum atomic E-state index is 11.3. The van der Waals surface area contributed by atoms with Gasteiger partial charge in [-0.05, 0) is 25.0 Å². The van der Waals surface area contributed by atoms with E-state index in [1.165, 1.54) is 0 Å². The number of pyridine rings is 1. The Balaban J connectivity index is 1.88. The Morgan fingerprint density at radius 1 is 1.53 bits per heavy atom. The van der Waals surface area contributed by atoms with Crippen molar-refractivity contribution < 1.29 is 9.53 Å². The maximum absolute atomic E-state index is 11.3. The molecule has 3 N–H and O–H groups in total. The zero-order chi connectivity index (χ0) is 13.7. The number of carbonyl (C=O) groups is 1. The van der Waals surface area contributed by atoms with E-state index in [0.717, 1.165) is 38.2 Å². The number of amides is 1. The first-order valence-electron chi connectivity index (χ1n) is 6.44. The molecule has 2 rings (SSSR count). The molecule has 104 valence electrons. The van der Waals surface area contributed by atoms with Gasteiger partial charge in [-0.2, -0.15) is 0 Å². The number of nitrogens with two attached hydrogens (primary N) is 1. The fourth-order valence-corrected chi connectivity index (χ4v) is 2.27. The van der Waals surface area contributed by atoms with Crippen LogP contribution in [0, 0.1) is 0 Å². The molecular weight excluding hydrogens is 244 g/mol. The molecule has 1 aliphatic rings. The summed E-state index contributed by atoms with van der Waals surface area (Å²) in [4.78, 5) is 17.9. The van der Waals surface area contributed by atoms with Crippen LogP contribution >= 0.6 is 0 Å². The van der Waals surface area contributed by atoms with Gasteiger partial charge in [-0.15, -0.1) is 0 Å². The highest BCUT2D eigenvalue weighted by molar-refractivity contribution is 5.93. The highest BCUT2D eigenvalue weighted by atomic mass is 16.5. The number of rotatable bonds is 4. The largest absolute Gasteiger partial charge is 0.381 e. The van der Waals surface area contributed by atoms with Gasteiger partial charge in [0.1, 0.15) is 0 Å². The first kappa shape index (κ1) is 13.9. The van der Waals surface area contributed by atoms with E-state index in [4.69, 9.17) is 10.6 Å². The predicted molar refractivity (Wildman–Crippen MR) is 71.2 cm³/mol. The van der Waals surface area contributed by atoms with Gasteiger partial charge in [0.25, 0.3) is 5.91 Å². The monoisotopic (exact) mass is 264 g/mol. The lowest BCUT2D eigenvalue weighted by Gasteiger charge is -2.30. The SMILES string of the molecule is COC1CCN(Cc2ccc(C(=O)NN)cn2)CC1. The Bertz CT molecular complexity index is 413. The molecule has 19 heavy (non-hydrogen) atoms. The Kier molecular flexibility index (Phi) is 4.84. The van der Waals surface area contributed by atoms with Crippen molar-refractivity contribution in [1.82, 2.24) is 15.3 Å². The summed E-state index contributed by atoms with van der Waals surface area (Å²) in [5, 5.41) is 0. The number of nitrogens with one attached hydrogen (secondary N) is 1. The van der Waals surface area contributed by atoms with E-state index >= 15 is 0 Å². The van der Waals surface area contributed by atoms with Crippen molar-refractivity contribution in [2.24, 2.45) is 5.84 Å². The molecule has 2 heterocycles. The number of nitrogens with zero attached hydrogens (tertiary/aromatic N) is 2. The van der Waals surface area contributed by atoms with Crippen molar-refractivity contribution in [3.05, 3.63) is 29.6 Å². The summed E-state index contributed by atoms with van der Waals surface area (Å²) in [6.45, 7) is 2.84. The number of piperidine rings is 1. The van der Waals surface area contributed by atoms with E-state index in [1.807, 2.05) is 6.07 Å². The van der Waals surface area contributed by atoms with Crippen LogP contribution < -0.4 is 11.3 Å². The van der Waals surface area contributed by atoms with Crippen molar-refractivity contribution in [2.45, 2.75) is 25.5 Å². The van der Waals surface area contributed by atoms with Crippen LogP contribution in [0.1, 0.15) is 28.9 Å². The van der Waals surface area contributed by atoms with Crippen LogP contribution in [0.15, 0.2) is 18.3 Å². The third kappa shape index (κ3) is 3.73. The minimum absolute atomic E-state index is 0.319. The Labute approximate surface area is 112 Å². The van der Waals surface area contributed by atoms with Gasteiger partial charge in [-0.3, -0.25) is 20.1 Å². The molecule has 0 spiro atoms. The molecule has 1 aromatic rings. The molecule has 0 radical (unpaired) electrons. The summed E-state index contributed by atoms with van der Waals surface area (Å²) in [6.07, 6.45) is 4.06. The molecule has 1 amide bonds. The van der Waals surface area contributed by atoms with Gasteiger partial charge in [-0.1, -0.05) is 0 Å². The van der Waals surface area contributed by atoms with Crippen molar-refractivity contribution in [3.8, 4) is 0 Å². The van der Waals surface area contributed by atoms with Crippen molar-refractivity contribution in [2.75, 3.05) is 20.2 Å². The number of aromatic nitrogens is 1. The van der Waals surface area contributed by atoms with Crippen LogP contribution in [0.5, 0.6) is 0 Å². The molecule has 1 fully saturated rings. The third-order valence-corrected chi connectivity index (χ3v) is 3.47. The lowest BCUT2D eigenvalue weighted by molar-refractivity contribution is 0.0385. The van der Waals surface area contributed by atoms with Crippen molar-refractivity contribution in [3.63, 3.8) is 0 Å². The number of hydrogen-bond donors (Lipinski definition) is 2. The number of likely N-dealkylation sites (tertiary alicyclic amines) is 1. The molecule has 0 bridgehead atoms. The van der Waals surface area contributed by atoms with Crippen LogP contribution in [0.4, 0.5) is 0 Å². The average Bonchev–Trinajstić information content (AvgIpc) is 2.48. The van der Waals surface area contributed by atoms with Crippen molar-refractivity contribution in [1.29, 1.82) is 0 Å². The number of nitrogen functional groups attached to an aromatic ring is 1. The summed E-state index contributed by atoms with van der Waals surface area (Å²) < 4.78 is 5.35. The van der Waals surface area contributed by atoms with Gasteiger partial charge in [0.05, 0.1) is 17.4 Å². The van der Waals surface area contributed by atoms with E-state index in [9.17, 15) is 4.79 Å². The van der Waals surface area contributed by atoms with Gasteiger partial charge in [0, 0.05) is 32.9 Å². The molecule has 0 saturated carbocycles. The zero-order valence-electron chi connectivity index (χ0n) is 11.1. The fraction of sp³-hybridized carbons (Fsp3) is 0.538. The van der Waals surface area contributed by atoms with E-state index < -0.39 is 0 Å². The molecule has 1 saturated heterocycles. The highest BCUT2D eigenvalue weighted by Gasteiger charge is 2.18. The summed E-state index contributed by atoms with van der Waals surface area (Å²) in [5.41, 5.74) is 3.53. The highest BCUT2D eigenvalue weighted by Crippen LogP contribution is 2.15. The second kappa shape index (κ2) is 6.60. The molecule has 0 atom stereocenters. The minimum Gasteiger partial charge on any atom is -0.381 e. The van der Waals surface area contributed by atoms with E-state index in [1.54, 1.807) is 19.4 Å². The van der Waals surface area contributed by atoms with Gasteiger partial charge < -0.3 is 4.74 Å². The van der Waals surface area contributed by atoms with E-state index in [0.29, 0.717) is 11.7 Å². The molecule has 6 heteroatoms. The van der Waals surface area contributed by atoms with Crippen LogP contribution in [0.2, 0.25) is 0 Å². The Morgan fingerprint density at radius 3 is 2.79 bits per heavy atom. The smallest absolute Gasteiger partial charge is 0.266 e. The quantitative estimate of drug-likeness (QED) is 0.464. The first-order chi connectivity index (χ1) is 9.22. The van der Waals surface area contributed by atoms with Crippen molar-refractivity contribution >= 4 is 5.91 Å². The maximum Gasteiger partial charge on any atom is 0.266 e. The van der Waals surface area contributed by atoms with E-state index in [-0.39, 0.29) is 5.91 Å². The molecule has 6 nitrogen and oxygen atoms in total. The molecule has 0 aliphatic carbocycles. The minimum atomic E-state index is -0.319. The zero-order valence-corrected chi connectivity index (χ0v) is 11.1. The number of methoxy groups -OCH3 is 1. The number of hydrogen-bond acceptors (Lipinski definition) is 5. The average molecular weight is 264 g/mol. The second-order valence-electron chi connectivity index (χ2n) is 4.72.